The fourth-order valence-electron chi connectivity index (χ4n) is 8.88. The summed E-state index contributed by atoms with van der Waals surface area (Å²) in [5, 5.41) is 7.03. The van der Waals surface area contributed by atoms with E-state index in [1.54, 1.807) is 6.33 Å². The number of anilines is 1. The van der Waals surface area contributed by atoms with Gasteiger partial charge in [-0.1, -0.05) is 120 Å². The zero-order valence-electron chi connectivity index (χ0n) is 42.6. The smallest absolute Gasteiger partial charge is 0.303 e. The third-order valence-corrected chi connectivity index (χ3v) is 23.5. The van der Waals surface area contributed by atoms with Crippen LogP contribution >= 0.6 is 0 Å². The summed E-state index contributed by atoms with van der Waals surface area (Å²) in [5.41, 5.74) is 2.93. The van der Waals surface area contributed by atoms with Crippen LogP contribution in [-0.4, -0.2) is 85.1 Å². The second kappa shape index (κ2) is 19.5. The Kier molecular flexibility index (Phi) is 14.1. The first-order chi connectivity index (χ1) is 32.9. The van der Waals surface area contributed by atoms with Crippen LogP contribution in [0.1, 0.15) is 104 Å². The van der Waals surface area contributed by atoms with Crippen molar-refractivity contribution in [1.29, 1.82) is 0 Å². The Hall–Kier alpha value is -5.73. The average Bonchev–Trinajstić information content (AvgIpc) is 3.89. The number of rotatable bonds is 14. The van der Waals surface area contributed by atoms with E-state index >= 15 is 0 Å². The quantitative estimate of drug-likeness (QED) is 0.0473. The van der Waals surface area contributed by atoms with Crippen LogP contribution in [0.5, 0.6) is 5.88 Å². The van der Waals surface area contributed by atoms with E-state index in [0.717, 1.165) is 27.1 Å². The van der Waals surface area contributed by atoms with E-state index in [9.17, 15) is 14.4 Å². The summed E-state index contributed by atoms with van der Waals surface area (Å²) < 4.78 is 47.6. The molecular weight excluding hydrogens is 923 g/mol. The van der Waals surface area contributed by atoms with Gasteiger partial charge in [-0.3, -0.25) is 19.0 Å². The predicted octanol–water partition coefficient (Wildman–Crippen LogP) is 11.0. The first kappa shape index (κ1) is 50.7. The van der Waals surface area contributed by atoms with Gasteiger partial charge < -0.3 is 37.9 Å². The minimum absolute atomic E-state index is 0.00984. The van der Waals surface area contributed by atoms with Crippen molar-refractivity contribution in [3.8, 4) is 5.88 Å². The van der Waals surface area contributed by atoms with Crippen molar-refractivity contribution in [2.45, 2.75) is 154 Å². The highest BCUT2D eigenvalue weighted by Gasteiger charge is 2.51. The van der Waals surface area contributed by atoms with Crippen molar-refractivity contribution in [1.82, 2.24) is 19.5 Å². The SMILES string of the molecule is CC(=O)OC1C(Nc2nc(OCc3ccccc3)c3ncn([C@H]4C[C@H](O[Si](C)(C)C(C)(C)C)[C@@H](CO[Si](C)(C)C(C)(C)C)O4)c3n2)c2c(ccc3ccc4ccccc4c23)[C@@H](OC(C)=O)[C@@H]1OC(C)=O. The topological polar surface area (TPSA) is 171 Å². The van der Waals surface area contributed by atoms with Gasteiger partial charge in [0.1, 0.15) is 18.9 Å². The molecule has 1 aliphatic carbocycles. The van der Waals surface area contributed by atoms with E-state index in [2.05, 4.69) is 73.0 Å². The molecule has 0 bridgehead atoms. The average molecular weight is 990 g/mol. The number of carbonyl (C=O) groups excluding carboxylic acids is 3. The summed E-state index contributed by atoms with van der Waals surface area (Å²) in [6, 6.07) is 24.5. The van der Waals surface area contributed by atoms with E-state index in [0.29, 0.717) is 35.3 Å². The summed E-state index contributed by atoms with van der Waals surface area (Å²) in [5.74, 6) is -1.63. The van der Waals surface area contributed by atoms with E-state index in [1.807, 2.05) is 83.4 Å². The summed E-state index contributed by atoms with van der Waals surface area (Å²) in [6.45, 7) is 26.7. The molecule has 1 aliphatic heterocycles. The Labute approximate surface area is 412 Å². The molecule has 70 heavy (non-hydrogen) atoms. The molecule has 1 N–H and O–H groups in total. The van der Waals surface area contributed by atoms with Crippen molar-refractivity contribution < 1.29 is 46.9 Å². The summed E-state index contributed by atoms with van der Waals surface area (Å²) in [6.07, 6.45) is -2.70. The molecule has 8 rings (SSSR count). The number of aromatic nitrogens is 4. The second-order valence-electron chi connectivity index (χ2n) is 21.6. The highest BCUT2D eigenvalue weighted by atomic mass is 28.4. The fourth-order valence-corrected chi connectivity index (χ4v) is 11.3. The number of benzene rings is 4. The van der Waals surface area contributed by atoms with Gasteiger partial charge in [0, 0.05) is 32.8 Å². The fraction of sp³-hybridized carbons (Fsp3) is 0.472. The van der Waals surface area contributed by atoms with E-state index in [-0.39, 0.29) is 40.7 Å². The van der Waals surface area contributed by atoms with E-state index in [1.165, 1.54) is 20.8 Å². The maximum Gasteiger partial charge on any atom is 0.303 e. The van der Waals surface area contributed by atoms with Gasteiger partial charge in [-0.2, -0.15) is 9.97 Å². The Balaban J connectivity index is 1.29. The van der Waals surface area contributed by atoms with Crippen LogP contribution in [0.15, 0.2) is 85.2 Å². The van der Waals surface area contributed by atoms with Gasteiger partial charge in [-0.15, -0.1) is 0 Å². The van der Waals surface area contributed by atoms with Crippen LogP contribution in [0.2, 0.25) is 36.3 Å². The summed E-state index contributed by atoms with van der Waals surface area (Å²) in [4.78, 5) is 54.1. The number of ether oxygens (including phenoxy) is 5. The lowest BCUT2D eigenvalue weighted by molar-refractivity contribution is -0.187. The Morgan fingerprint density at radius 1 is 0.757 bits per heavy atom. The maximum absolute atomic E-state index is 13.2. The lowest BCUT2D eigenvalue weighted by Gasteiger charge is -2.42. The monoisotopic (exact) mass is 989 g/mol. The molecule has 0 radical (unpaired) electrons. The molecular formula is C53H67N5O10Si2. The molecule has 1 fully saturated rings. The number of carbonyl (C=O) groups is 3. The third-order valence-electron chi connectivity index (χ3n) is 14.5. The van der Waals surface area contributed by atoms with Gasteiger partial charge in [0.05, 0.1) is 25.1 Å². The molecule has 15 nitrogen and oxygen atoms in total. The summed E-state index contributed by atoms with van der Waals surface area (Å²) >= 11 is 0. The molecule has 372 valence electrons. The molecule has 2 aromatic heterocycles. The maximum atomic E-state index is 13.2. The van der Waals surface area contributed by atoms with Crippen molar-refractivity contribution in [3.63, 3.8) is 0 Å². The Bertz CT molecular complexity index is 2910. The minimum atomic E-state index is -2.29. The molecule has 7 atom stereocenters. The van der Waals surface area contributed by atoms with Crippen LogP contribution in [0.25, 0.3) is 32.7 Å². The molecule has 0 spiro atoms. The zero-order valence-corrected chi connectivity index (χ0v) is 44.6. The van der Waals surface area contributed by atoms with Crippen molar-refractivity contribution in [2.75, 3.05) is 11.9 Å². The van der Waals surface area contributed by atoms with Crippen LogP contribution in [-0.2, 0) is 48.8 Å². The number of nitrogens with zero attached hydrogens (tertiary/aromatic N) is 4. The van der Waals surface area contributed by atoms with Crippen molar-refractivity contribution in [3.05, 3.63) is 102 Å². The van der Waals surface area contributed by atoms with Gasteiger partial charge in [0.15, 0.2) is 46.1 Å². The molecule has 17 heteroatoms. The standard InChI is InChI=1S/C53H67N5O10Si2/c1-31(59)64-46-38-26-25-36-24-23-35-21-17-18-22-37(35)42(36)43(38)44(47(65-32(2)60)48(46)66-33(3)61)55-51-56-49-45(50(57-51)62-28-34-19-15-14-16-20-34)54-30-58(49)41-27-39(68-70(12,13)53(7,8)9)40(67-41)29-63-69(10,11)52(4,5)6/h14-26,30,39-41,44,46-48H,27-29H2,1-13H3,(H,55,56,57)/t39-,40+,41+,44?,46+,47?,48-/m0/s1. The number of hydrogen-bond donors (Lipinski definition) is 1. The molecule has 2 unspecified atom stereocenters. The van der Waals surface area contributed by atoms with Gasteiger partial charge in [0.2, 0.25) is 11.8 Å². The van der Waals surface area contributed by atoms with Crippen LogP contribution in [0.4, 0.5) is 5.95 Å². The molecule has 6 aromatic rings. The zero-order chi connectivity index (χ0) is 50.5. The Morgan fingerprint density at radius 3 is 2.06 bits per heavy atom. The van der Waals surface area contributed by atoms with Gasteiger partial charge in [-0.05, 0) is 68.9 Å². The molecule has 2 aliphatic rings. The Morgan fingerprint density at radius 2 is 1.39 bits per heavy atom. The van der Waals surface area contributed by atoms with Gasteiger partial charge in [-0.25, -0.2) is 4.98 Å². The van der Waals surface area contributed by atoms with Crippen molar-refractivity contribution >= 4 is 73.2 Å². The number of fused-ring (bicyclic) bond motifs is 6. The summed E-state index contributed by atoms with van der Waals surface area (Å²) in [7, 11) is -4.47. The highest BCUT2D eigenvalue weighted by molar-refractivity contribution is 6.74. The van der Waals surface area contributed by atoms with Crippen LogP contribution in [0.3, 0.4) is 0 Å². The predicted molar refractivity (Wildman–Crippen MR) is 273 cm³/mol. The van der Waals surface area contributed by atoms with Crippen molar-refractivity contribution in [2.24, 2.45) is 0 Å². The second-order valence-corrected chi connectivity index (χ2v) is 31.1. The minimum Gasteiger partial charge on any atom is -0.471 e. The van der Waals surface area contributed by atoms with Crippen LogP contribution in [0, 0.1) is 0 Å². The normalized spacial score (nSPS) is 21.9. The van der Waals surface area contributed by atoms with Gasteiger partial charge in [0.25, 0.3) is 0 Å². The highest BCUT2D eigenvalue weighted by Crippen LogP contribution is 2.49. The number of imidazole rings is 1. The van der Waals surface area contributed by atoms with E-state index < -0.39 is 65.1 Å². The number of esters is 3. The lowest BCUT2D eigenvalue weighted by atomic mass is 9.77. The van der Waals surface area contributed by atoms with Crippen LogP contribution < -0.4 is 10.1 Å². The lowest BCUT2D eigenvalue weighted by Crippen LogP contribution is -2.50. The molecule has 1 saturated heterocycles. The molecule has 0 amide bonds. The third kappa shape index (κ3) is 10.4. The molecule has 4 aromatic carbocycles. The first-order valence-corrected chi connectivity index (χ1v) is 29.8. The number of hydrogen-bond acceptors (Lipinski definition) is 14. The number of nitrogens with one attached hydrogen (secondary N) is 1. The molecule has 0 saturated carbocycles. The first-order valence-electron chi connectivity index (χ1n) is 24.0. The largest absolute Gasteiger partial charge is 0.471 e. The van der Waals surface area contributed by atoms with Gasteiger partial charge >= 0.3 is 17.9 Å². The molecule has 3 heterocycles. The van der Waals surface area contributed by atoms with E-state index in [4.69, 9.17) is 47.5 Å².